The van der Waals surface area contributed by atoms with E-state index in [9.17, 15) is 27.2 Å². The van der Waals surface area contributed by atoms with Gasteiger partial charge in [0.1, 0.15) is 0 Å². The number of halogens is 4. The molecule has 1 N–H and O–H groups in total. The van der Waals surface area contributed by atoms with Crippen molar-refractivity contribution in [2.45, 2.75) is 26.2 Å². The molecule has 0 atom stereocenters. The maximum Gasteiger partial charge on any atom is 0.340 e. The van der Waals surface area contributed by atoms with Gasteiger partial charge in [-0.15, -0.1) is 0 Å². The molecule has 0 aliphatic rings. The molecule has 0 unspecified atom stereocenters. The van der Waals surface area contributed by atoms with Gasteiger partial charge >= 0.3 is 24.3 Å². The first kappa shape index (κ1) is 19.5. The Morgan fingerprint density at radius 3 is 2.11 bits per heavy atom. The number of rotatable bonds is 5. The summed E-state index contributed by atoms with van der Waals surface area (Å²) in [4.78, 5) is 20.0. The van der Waals surface area contributed by atoms with Crippen LogP contribution in [0.5, 0.6) is 0 Å². The zero-order chi connectivity index (χ0) is 15.6. The molecule has 0 heterocycles. The zero-order valence-electron chi connectivity index (χ0n) is 10.3. The van der Waals surface area contributed by atoms with Crippen LogP contribution in [0.4, 0.5) is 17.6 Å². The Labute approximate surface area is 107 Å². The molecule has 0 bridgehead atoms. The topological polar surface area (TPSA) is 63.6 Å². The minimum absolute atomic E-state index is 0.389. The van der Waals surface area contributed by atoms with Crippen LogP contribution in [0.25, 0.3) is 0 Å². The Morgan fingerprint density at radius 1 is 1.42 bits per heavy atom. The van der Waals surface area contributed by atoms with E-state index in [1.54, 1.807) is 19.9 Å². The second kappa shape index (κ2) is 9.12. The van der Waals surface area contributed by atoms with Gasteiger partial charge in [0.25, 0.3) is 0 Å². The molecule has 0 fully saturated rings. The van der Waals surface area contributed by atoms with E-state index in [-0.39, 0.29) is 0 Å². The second-order valence-electron chi connectivity index (χ2n) is 3.15. The SMILES string of the molecule is C=CC(=O)OCC(F)(F)C(F)F.CC=C(C)C(=O)O. The zero-order valence-corrected chi connectivity index (χ0v) is 10.3. The smallest absolute Gasteiger partial charge is 0.340 e. The molecule has 0 amide bonds. The number of hydrogen-bond donors (Lipinski definition) is 1. The fraction of sp³-hybridized carbons (Fsp3) is 0.455. The predicted molar refractivity (Wildman–Crippen MR) is 59.2 cm³/mol. The van der Waals surface area contributed by atoms with Crippen molar-refractivity contribution in [3.05, 3.63) is 24.3 Å². The van der Waals surface area contributed by atoms with Gasteiger partial charge in [-0.2, -0.15) is 8.78 Å². The maximum absolute atomic E-state index is 12.0. The van der Waals surface area contributed by atoms with Gasteiger partial charge in [0.15, 0.2) is 6.61 Å². The molecule has 8 heteroatoms. The van der Waals surface area contributed by atoms with Crippen molar-refractivity contribution in [1.82, 2.24) is 0 Å². The van der Waals surface area contributed by atoms with Crippen LogP contribution in [0.15, 0.2) is 24.3 Å². The van der Waals surface area contributed by atoms with E-state index in [1.165, 1.54) is 0 Å². The first-order valence-electron chi connectivity index (χ1n) is 4.89. The van der Waals surface area contributed by atoms with Crippen LogP contribution in [0, 0.1) is 0 Å². The number of carbonyl (C=O) groups is 2. The minimum Gasteiger partial charge on any atom is -0.478 e. The summed E-state index contributed by atoms with van der Waals surface area (Å²) in [5.41, 5.74) is 0.389. The molecule has 0 rings (SSSR count). The average Bonchev–Trinajstić information content (AvgIpc) is 2.35. The largest absolute Gasteiger partial charge is 0.478 e. The van der Waals surface area contributed by atoms with Crippen LogP contribution in [-0.2, 0) is 14.3 Å². The number of carbonyl (C=O) groups excluding carboxylic acids is 1. The molecule has 0 aliphatic carbocycles. The van der Waals surface area contributed by atoms with Gasteiger partial charge < -0.3 is 9.84 Å². The Balaban J connectivity index is 0. The lowest BCUT2D eigenvalue weighted by atomic mass is 10.3. The molecule has 0 aromatic rings. The number of aliphatic carboxylic acids is 1. The highest BCUT2D eigenvalue weighted by Gasteiger charge is 2.42. The van der Waals surface area contributed by atoms with E-state index >= 15 is 0 Å². The highest BCUT2D eigenvalue weighted by atomic mass is 19.3. The number of allylic oxidation sites excluding steroid dienone is 1. The van der Waals surface area contributed by atoms with Crippen molar-refractivity contribution in [1.29, 1.82) is 0 Å². The van der Waals surface area contributed by atoms with Crippen LogP contribution in [0.1, 0.15) is 13.8 Å². The molecule has 4 nitrogen and oxygen atoms in total. The fourth-order valence-electron chi connectivity index (χ4n) is 0.413. The summed E-state index contributed by atoms with van der Waals surface area (Å²) in [6.45, 7) is 4.53. The van der Waals surface area contributed by atoms with Gasteiger partial charge in [-0.1, -0.05) is 12.7 Å². The monoisotopic (exact) mass is 286 g/mol. The second-order valence-corrected chi connectivity index (χ2v) is 3.15. The average molecular weight is 286 g/mol. The van der Waals surface area contributed by atoms with E-state index in [4.69, 9.17) is 5.11 Å². The van der Waals surface area contributed by atoms with Crippen LogP contribution in [0.2, 0.25) is 0 Å². The fourth-order valence-corrected chi connectivity index (χ4v) is 0.413. The van der Waals surface area contributed by atoms with Crippen LogP contribution in [0.3, 0.4) is 0 Å². The predicted octanol–water partition coefficient (Wildman–Crippen LogP) is 2.65. The third kappa shape index (κ3) is 9.81. The number of alkyl halides is 4. The number of carboxylic acid groups (broad SMARTS) is 1. The normalized spacial score (nSPS) is 11.4. The molecular formula is C11H14F4O4. The van der Waals surface area contributed by atoms with Crippen molar-refractivity contribution >= 4 is 11.9 Å². The quantitative estimate of drug-likeness (QED) is 0.479. The van der Waals surface area contributed by atoms with E-state index in [2.05, 4.69) is 11.3 Å². The highest BCUT2D eigenvalue weighted by molar-refractivity contribution is 5.85. The molecule has 0 radical (unpaired) electrons. The molecule has 0 aromatic carbocycles. The first-order valence-corrected chi connectivity index (χ1v) is 4.89. The van der Waals surface area contributed by atoms with E-state index in [1.807, 2.05) is 0 Å². The summed E-state index contributed by atoms with van der Waals surface area (Å²) in [5.74, 6) is -6.30. The molecule has 0 saturated heterocycles. The van der Waals surface area contributed by atoms with Crippen LogP contribution < -0.4 is 0 Å². The maximum atomic E-state index is 12.0. The van der Waals surface area contributed by atoms with Gasteiger partial charge in [-0.3, -0.25) is 0 Å². The Kier molecular flexibility index (Phi) is 9.35. The number of esters is 1. The number of hydrogen-bond acceptors (Lipinski definition) is 3. The molecule has 0 aliphatic heterocycles. The van der Waals surface area contributed by atoms with Gasteiger partial charge in [0.05, 0.1) is 0 Å². The van der Waals surface area contributed by atoms with Crippen molar-refractivity contribution < 1.29 is 37.0 Å². The van der Waals surface area contributed by atoms with E-state index in [0.29, 0.717) is 11.6 Å². The van der Waals surface area contributed by atoms with Gasteiger partial charge in [-0.25, -0.2) is 18.4 Å². The summed E-state index contributed by atoms with van der Waals surface area (Å²) in [6, 6.07) is 0. The molecule has 110 valence electrons. The summed E-state index contributed by atoms with van der Waals surface area (Å²) < 4.78 is 50.5. The summed E-state index contributed by atoms with van der Waals surface area (Å²) in [7, 11) is 0. The summed E-state index contributed by atoms with van der Waals surface area (Å²) in [5, 5.41) is 8.11. The Bertz CT molecular complexity index is 351. The molecule has 0 saturated carbocycles. The third-order valence-electron chi connectivity index (χ3n) is 1.66. The Hall–Kier alpha value is -1.86. The number of ether oxygens (including phenoxy) is 1. The van der Waals surface area contributed by atoms with Gasteiger partial charge in [0.2, 0.25) is 0 Å². The summed E-state index contributed by atoms with van der Waals surface area (Å²) in [6.07, 6.45) is -1.67. The molecule has 0 spiro atoms. The molecular weight excluding hydrogens is 272 g/mol. The van der Waals surface area contributed by atoms with Gasteiger partial charge in [-0.05, 0) is 13.8 Å². The van der Waals surface area contributed by atoms with Gasteiger partial charge in [0, 0.05) is 11.6 Å². The van der Waals surface area contributed by atoms with E-state index < -0.39 is 30.9 Å². The Morgan fingerprint density at radius 2 is 1.89 bits per heavy atom. The standard InChI is InChI=1S/C6H6F4O2.C5H8O2/c1-2-4(11)12-3-6(9,10)5(7)8;1-3-4(2)5(6)7/h2,5H,1,3H2;3H,1-2H3,(H,6,7). The highest BCUT2D eigenvalue weighted by Crippen LogP contribution is 2.22. The lowest BCUT2D eigenvalue weighted by molar-refractivity contribution is -0.176. The molecule has 0 aromatic heterocycles. The number of carboxylic acids is 1. The summed E-state index contributed by atoms with van der Waals surface area (Å²) >= 11 is 0. The molecule has 19 heavy (non-hydrogen) atoms. The van der Waals surface area contributed by atoms with Crippen LogP contribution >= 0.6 is 0 Å². The lowest BCUT2D eigenvalue weighted by Crippen LogP contribution is -2.33. The van der Waals surface area contributed by atoms with Crippen LogP contribution in [-0.4, -0.2) is 36.0 Å². The van der Waals surface area contributed by atoms with E-state index in [0.717, 1.165) is 0 Å². The lowest BCUT2D eigenvalue weighted by Gasteiger charge is -2.13. The van der Waals surface area contributed by atoms with Crippen molar-refractivity contribution in [2.75, 3.05) is 6.61 Å². The third-order valence-corrected chi connectivity index (χ3v) is 1.66. The first-order chi connectivity index (χ1) is 8.58. The van der Waals surface area contributed by atoms with Crippen molar-refractivity contribution in [3.8, 4) is 0 Å². The van der Waals surface area contributed by atoms with Crippen molar-refractivity contribution in [2.24, 2.45) is 0 Å². The van der Waals surface area contributed by atoms with Crippen molar-refractivity contribution in [3.63, 3.8) is 0 Å². The minimum atomic E-state index is -4.29.